The summed E-state index contributed by atoms with van der Waals surface area (Å²) in [6.07, 6.45) is 3.71. The summed E-state index contributed by atoms with van der Waals surface area (Å²) < 4.78 is 10.7. The summed E-state index contributed by atoms with van der Waals surface area (Å²) in [6.45, 7) is 10.2. The van der Waals surface area contributed by atoms with E-state index in [-0.39, 0.29) is 35.9 Å². The summed E-state index contributed by atoms with van der Waals surface area (Å²) in [4.78, 5) is 18.7. The Balaban J connectivity index is 0.00000364. The van der Waals surface area contributed by atoms with Gasteiger partial charge in [0.25, 0.3) is 0 Å². The van der Waals surface area contributed by atoms with Crippen molar-refractivity contribution >= 4 is 35.9 Å². The molecule has 2 atom stereocenters. The number of rotatable bonds is 6. The highest BCUT2D eigenvalue weighted by Gasteiger charge is 2.28. The monoisotopic (exact) mass is 496 g/mol. The molecule has 1 saturated carbocycles. The zero-order chi connectivity index (χ0) is 18.9. The third-order valence-corrected chi connectivity index (χ3v) is 5.46. The predicted molar refractivity (Wildman–Crippen MR) is 119 cm³/mol. The van der Waals surface area contributed by atoms with Gasteiger partial charge in [-0.1, -0.05) is 0 Å². The van der Waals surface area contributed by atoms with Crippen LogP contribution in [0.5, 0.6) is 0 Å². The highest BCUT2D eigenvalue weighted by molar-refractivity contribution is 14.0. The van der Waals surface area contributed by atoms with E-state index in [1.54, 1.807) is 0 Å². The Kier molecular flexibility index (Phi) is 11.6. The van der Waals surface area contributed by atoms with Gasteiger partial charge in [0.05, 0.1) is 25.7 Å². The number of hydrogen-bond acceptors (Lipinski definition) is 5. The van der Waals surface area contributed by atoms with E-state index < -0.39 is 0 Å². The molecule has 0 radical (unpaired) electrons. The second-order valence-corrected chi connectivity index (χ2v) is 7.41. The van der Waals surface area contributed by atoms with Crippen LogP contribution >= 0.6 is 24.0 Å². The summed E-state index contributed by atoms with van der Waals surface area (Å²) >= 11 is 0. The molecule has 27 heavy (non-hydrogen) atoms. The number of ether oxygens (including phenoxy) is 2. The molecule has 0 spiro atoms. The fraction of sp³-hybridized carbons (Fsp3) is 0.895. The number of carbonyl (C=O) groups is 1. The van der Waals surface area contributed by atoms with Crippen LogP contribution in [0.15, 0.2) is 4.99 Å². The highest BCUT2D eigenvalue weighted by Crippen LogP contribution is 2.25. The van der Waals surface area contributed by atoms with Crippen LogP contribution in [0.25, 0.3) is 0 Å². The van der Waals surface area contributed by atoms with Gasteiger partial charge in [0, 0.05) is 38.3 Å². The number of esters is 1. The smallest absolute Gasteiger partial charge is 0.308 e. The molecule has 2 fully saturated rings. The number of carbonyl (C=O) groups excluding carboxylic acids is 1. The molecule has 1 aliphatic carbocycles. The molecule has 0 aromatic heterocycles. The number of halogens is 1. The molecule has 158 valence electrons. The first-order valence-corrected chi connectivity index (χ1v) is 10.0. The van der Waals surface area contributed by atoms with E-state index >= 15 is 0 Å². The molecule has 0 aromatic carbocycles. The molecule has 2 unspecified atom stereocenters. The van der Waals surface area contributed by atoms with E-state index in [4.69, 9.17) is 9.47 Å². The number of nitrogens with zero attached hydrogens (tertiary/aromatic N) is 2. The van der Waals surface area contributed by atoms with Gasteiger partial charge in [-0.05, 0) is 46.5 Å². The molecule has 0 amide bonds. The van der Waals surface area contributed by atoms with Crippen molar-refractivity contribution in [3.8, 4) is 0 Å². The zero-order valence-electron chi connectivity index (χ0n) is 17.2. The van der Waals surface area contributed by atoms with Gasteiger partial charge in [0.1, 0.15) is 0 Å². The van der Waals surface area contributed by atoms with Crippen LogP contribution in [0.4, 0.5) is 0 Å². The lowest BCUT2D eigenvalue weighted by atomic mass is 9.86. The lowest BCUT2D eigenvalue weighted by Crippen LogP contribution is -2.54. The summed E-state index contributed by atoms with van der Waals surface area (Å²) in [5.41, 5.74) is 0. The summed E-state index contributed by atoms with van der Waals surface area (Å²) in [5.74, 6) is 0.866. The van der Waals surface area contributed by atoms with Crippen molar-refractivity contribution in [3.63, 3.8) is 0 Å². The third kappa shape index (κ3) is 7.73. The van der Waals surface area contributed by atoms with Gasteiger partial charge in [-0.15, -0.1) is 24.0 Å². The maximum atomic E-state index is 11.8. The van der Waals surface area contributed by atoms with Crippen molar-refractivity contribution in [1.82, 2.24) is 15.5 Å². The molecule has 7 nitrogen and oxygen atoms in total. The minimum atomic E-state index is -0.0399. The standard InChI is InChI=1S/C19H36N4O3.HI/c1-5-26-18(24)16-6-8-17(9-7-16)22-19(20-4)21-12-14(2)23-10-11-25-13-15(23)3;/h14-17H,5-13H2,1-4H3,(H2,20,21,22);1H. The summed E-state index contributed by atoms with van der Waals surface area (Å²) in [7, 11) is 1.81. The van der Waals surface area contributed by atoms with E-state index in [9.17, 15) is 4.79 Å². The van der Waals surface area contributed by atoms with Crippen molar-refractivity contribution < 1.29 is 14.3 Å². The largest absolute Gasteiger partial charge is 0.466 e. The van der Waals surface area contributed by atoms with Crippen LogP contribution in [0.1, 0.15) is 46.5 Å². The van der Waals surface area contributed by atoms with Crippen molar-refractivity contribution in [2.75, 3.05) is 40.0 Å². The van der Waals surface area contributed by atoms with Crippen molar-refractivity contribution in [3.05, 3.63) is 0 Å². The van der Waals surface area contributed by atoms with E-state index in [0.29, 0.717) is 24.7 Å². The molecular weight excluding hydrogens is 459 g/mol. The van der Waals surface area contributed by atoms with Crippen LogP contribution in [0.2, 0.25) is 0 Å². The minimum absolute atomic E-state index is 0. The van der Waals surface area contributed by atoms with Crippen LogP contribution in [-0.2, 0) is 14.3 Å². The minimum Gasteiger partial charge on any atom is -0.466 e. The first-order chi connectivity index (χ1) is 12.5. The summed E-state index contributed by atoms with van der Waals surface area (Å²) in [6, 6.07) is 1.24. The van der Waals surface area contributed by atoms with E-state index in [1.807, 2.05) is 14.0 Å². The van der Waals surface area contributed by atoms with E-state index in [1.165, 1.54) is 0 Å². The van der Waals surface area contributed by atoms with Gasteiger partial charge in [-0.2, -0.15) is 0 Å². The van der Waals surface area contributed by atoms with Gasteiger partial charge < -0.3 is 20.1 Å². The fourth-order valence-electron chi connectivity index (χ4n) is 3.88. The SMILES string of the molecule is CCOC(=O)C1CCC(NC(=NC)NCC(C)N2CCOCC2C)CC1.I. The van der Waals surface area contributed by atoms with Gasteiger partial charge in [-0.25, -0.2) is 0 Å². The number of aliphatic imine (C=N–C) groups is 1. The molecule has 8 heteroatoms. The normalized spacial score (nSPS) is 28.0. The molecule has 0 bridgehead atoms. The Morgan fingerprint density at radius 3 is 2.63 bits per heavy atom. The second-order valence-electron chi connectivity index (χ2n) is 7.41. The Hall–Kier alpha value is -0.610. The molecule has 1 aliphatic heterocycles. The molecule has 0 aromatic rings. The fourth-order valence-corrected chi connectivity index (χ4v) is 3.88. The zero-order valence-corrected chi connectivity index (χ0v) is 19.5. The topological polar surface area (TPSA) is 75.2 Å². The Bertz CT molecular complexity index is 470. The number of hydrogen-bond donors (Lipinski definition) is 2. The number of guanidine groups is 1. The maximum Gasteiger partial charge on any atom is 0.308 e. The second kappa shape index (κ2) is 12.8. The number of morpholine rings is 1. The number of nitrogens with one attached hydrogen (secondary N) is 2. The maximum absolute atomic E-state index is 11.8. The quantitative estimate of drug-likeness (QED) is 0.254. The average Bonchev–Trinajstić information content (AvgIpc) is 2.66. The Labute approximate surface area is 181 Å². The molecule has 1 saturated heterocycles. The Morgan fingerprint density at radius 2 is 2.04 bits per heavy atom. The molecule has 1 heterocycles. The average molecular weight is 496 g/mol. The molecular formula is C19H37IN4O3. The van der Waals surface area contributed by atoms with Gasteiger partial charge in [0.2, 0.25) is 0 Å². The van der Waals surface area contributed by atoms with Crippen LogP contribution < -0.4 is 10.6 Å². The molecule has 2 N–H and O–H groups in total. The third-order valence-electron chi connectivity index (χ3n) is 5.46. The van der Waals surface area contributed by atoms with Crippen LogP contribution in [-0.4, -0.2) is 74.9 Å². The lowest BCUT2D eigenvalue weighted by Gasteiger charge is -2.38. The highest BCUT2D eigenvalue weighted by atomic mass is 127. The molecule has 2 rings (SSSR count). The lowest BCUT2D eigenvalue weighted by molar-refractivity contribution is -0.149. The van der Waals surface area contributed by atoms with Crippen molar-refractivity contribution in [2.45, 2.75) is 64.6 Å². The van der Waals surface area contributed by atoms with Gasteiger partial charge in [-0.3, -0.25) is 14.7 Å². The van der Waals surface area contributed by atoms with Gasteiger partial charge in [0.15, 0.2) is 5.96 Å². The predicted octanol–water partition coefficient (Wildman–Crippen LogP) is 2.00. The van der Waals surface area contributed by atoms with Crippen molar-refractivity contribution in [1.29, 1.82) is 0 Å². The Morgan fingerprint density at radius 1 is 1.33 bits per heavy atom. The first-order valence-electron chi connectivity index (χ1n) is 10.0. The summed E-state index contributed by atoms with van der Waals surface area (Å²) in [5, 5.41) is 6.96. The first kappa shape index (κ1) is 24.4. The molecule has 2 aliphatic rings. The van der Waals surface area contributed by atoms with Crippen molar-refractivity contribution in [2.24, 2.45) is 10.9 Å². The van der Waals surface area contributed by atoms with Crippen LogP contribution in [0.3, 0.4) is 0 Å². The van der Waals surface area contributed by atoms with Gasteiger partial charge >= 0.3 is 5.97 Å². The van der Waals surface area contributed by atoms with Crippen LogP contribution in [0, 0.1) is 5.92 Å². The van der Waals surface area contributed by atoms with E-state index in [0.717, 1.165) is 57.9 Å². The van der Waals surface area contributed by atoms with E-state index in [2.05, 4.69) is 34.4 Å².